The Labute approximate surface area is 131 Å². The van der Waals surface area contributed by atoms with Gasteiger partial charge in [0.25, 0.3) is 5.91 Å². The number of benzene rings is 1. The summed E-state index contributed by atoms with van der Waals surface area (Å²) < 4.78 is 16.2. The predicted octanol–water partition coefficient (Wildman–Crippen LogP) is 1.80. The molecule has 0 aromatic heterocycles. The second-order valence-electron chi connectivity index (χ2n) is 4.19. The first-order valence-electron chi connectivity index (χ1n) is 6.29. The summed E-state index contributed by atoms with van der Waals surface area (Å²) in [7, 11) is 3.04. The van der Waals surface area contributed by atoms with Crippen LogP contribution in [0.3, 0.4) is 0 Å². The van der Waals surface area contributed by atoms with E-state index in [1.807, 2.05) is 0 Å². The molecule has 0 bridgehead atoms. The molecule has 1 atom stereocenters. The van der Waals surface area contributed by atoms with Crippen LogP contribution in [0.25, 0.3) is 0 Å². The number of rotatable bonds is 8. The lowest BCUT2D eigenvalue weighted by molar-refractivity contribution is -0.127. The third-order valence-corrected chi connectivity index (χ3v) is 3.38. The predicted molar refractivity (Wildman–Crippen MR) is 81.1 cm³/mol. The number of amides is 1. The normalized spacial score (nSPS) is 11.6. The zero-order chi connectivity index (χ0) is 15.8. The van der Waals surface area contributed by atoms with Crippen molar-refractivity contribution < 1.29 is 23.8 Å². The van der Waals surface area contributed by atoms with Crippen LogP contribution in [-0.4, -0.2) is 45.7 Å². The highest BCUT2D eigenvalue weighted by molar-refractivity contribution is 9.10. The lowest BCUT2D eigenvalue weighted by Crippen LogP contribution is -2.38. The third kappa shape index (κ3) is 5.02. The molecule has 1 aromatic rings. The van der Waals surface area contributed by atoms with Crippen LogP contribution in [0.15, 0.2) is 16.6 Å². The molecule has 0 saturated carbocycles. The highest BCUT2D eigenvalue weighted by Crippen LogP contribution is 2.33. The van der Waals surface area contributed by atoms with Crippen LogP contribution in [0.5, 0.6) is 11.5 Å². The van der Waals surface area contributed by atoms with Crippen molar-refractivity contribution in [2.45, 2.75) is 13.0 Å². The van der Waals surface area contributed by atoms with E-state index in [2.05, 4.69) is 21.2 Å². The van der Waals surface area contributed by atoms with Crippen molar-refractivity contribution >= 4 is 28.1 Å². The van der Waals surface area contributed by atoms with Crippen molar-refractivity contribution in [1.29, 1.82) is 0 Å². The number of ether oxygens (including phenoxy) is 3. The van der Waals surface area contributed by atoms with Crippen molar-refractivity contribution in [3.8, 4) is 11.5 Å². The van der Waals surface area contributed by atoms with Gasteiger partial charge in [-0.05, 0) is 35.0 Å². The zero-order valence-corrected chi connectivity index (χ0v) is 13.7. The fourth-order valence-electron chi connectivity index (χ4n) is 1.56. The summed E-state index contributed by atoms with van der Waals surface area (Å²) in [5.74, 6) is 0.492. The summed E-state index contributed by atoms with van der Waals surface area (Å²) in [5.41, 5.74) is 0.415. The highest BCUT2D eigenvalue weighted by atomic mass is 79.9. The molecule has 0 heterocycles. The molecule has 1 aromatic carbocycles. The maximum atomic E-state index is 11.8. The first kappa shape index (κ1) is 17.5. The molecule has 7 heteroatoms. The van der Waals surface area contributed by atoms with Gasteiger partial charge in [-0.3, -0.25) is 9.59 Å². The topological polar surface area (TPSA) is 73.9 Å². The molecule has 0 unspecified atom stereocenters. The summed E-state index contributed by atoms with van der Waals surface area (Å²) in [6.45, 7) is 2.44. The van der Waals surface area contributed by atoms with E-state index in [1.165, 1.54) is 13.2 Å². The summed E-state index contributed by atoms with van der Waals surface area (Å²) in [5, 5.41) is 2.67. The summed E-state index contributed by atoms with van der Waals surface area (Å²) in [4.78, 5) is 22.8. The molecule has 1 N–H and O–H groups in total. The first-order valence-corrected chi connectivity index (χ1v) is 7.08. The van der Waals surface area contributed by atoms with Crippen LogP contribution in [-0.2, 0) is 9.53 Å². The van der Waals surface area contributed by atoms with Gasteiger partial charge in [0.1, 0.15) is 0 Å². The zero-order valence-electron chi connectivity index (χ0n) is 12.1. The van der Waals surface area contributed by atoms with Crippen LogP contribution >= 0.6 is 15.9 Å². The van der Waals surface area contributed by atoms with E-state index in [0.717, 1.165) is 0 Å². The smallest absolute Gasteiger partial charge is 0.260 e. The number of methoxy groups -OCH3 is 2. The number of aldehydes is 1. The summed E-state index contributed by atoms with van der Waals surface area (Å²) in [6, 6.07) is 3.14. The van der Waals surface area contributed by atoms with E-state index in [0.29, 0.717) is 41.0 Å². The molecule has 0 radical (unpaired) electrons. The first-order chi connectivity index (χ1) is 10.0. The van der Waals surface area contributed by atoms with Crippen LogP contribution in [0.1, 0.15) is 17.3 Å². The molecule has 1 amide bonds. The van der Waals surface area contributed by atoms with Crippen molar-refractivity contribution in [1.82, 2.24) is 5.32 Å². The summed E-state index contributed by atoms with van der Waals surface area (Å²) in [6.07, 6.45) is -0.0314. The van der Waals surface area contributed by atoms with Gasteiger partial charge >= 0.3 is 0 Å². The van der Waals surface area contributed by atoms with E-state index in [1.54, 1.807) is 20.1 Å². The van der Waals surface area contributed by atoms with Gasteiger partial charge in [-0.15, -0.1) is 0 Å². The van der Waals surface area contributed by atoms with Gasteiger partial charge in [0, 0.05) is 23.7 Å². The van der Waals surface area contributed by atoms with Crippen LogP contribution in [0.2, 0.25) is 0 Å². The SMILES string of the molecule is COCCNC(=O)[C@H](C)Oc1cc(C=O)c(Br)cc1OC. The second-order valence-corrected chi connectivity index (χ2v) is 5.04. The van der Waals surface area contributed by atoms with Gasteiger partial charge in [0.15, 0.2) is 23.9 Å². The van der Waals surface area contributed by atoms with E-state index in [-0.39, 0.29) is 5.91 Å². The van der Waals surface area contributed by atoms with Gasteiger partial charge in [0.05, 0.1) is 13.7 Å². The maximum absolute atomic E-state index is 11.8. The Morgan fingerprint density at radius 1 is 1.38 bits per heavy atom. The number of carbonyl (C=O) groups is 2. The number of hydrogen-bond donors (Lipinski definition) is 1. The molecule has 0 aliphatic rings. The van der Waals surface area contributed by atoms with E-state index in [9.17, 15) is 9.59 Å². The maximum Gasteiger partial charge on any atom is 0.260 e. The molecular weight excluding hydrogens is 342 g/mol. The van der Waals surface area contributed by atoms with E-state index in [4.69, 9.17) is 14.2 Å². The minimum atomic E-state index is -0.726. The van der Waals surface area contributed by atoms with Crippen LogP contribution < -0.4 is 14.8 Å². The van der Waals surface area contributed by atoms with Crippen molar-refractivity contribution in [2.75, 3.05) is 27.4 Å². The minimum absolute atomic E-state index is 0.273. The third-order valence-electron chi connectivity index (χ3n) is 2.69. The number of halogens is 1. The molecule has 116 valence electrons. The minimum Gasteiger partial charge on any atom is -0.493 e. The standard InChI is InChI=1S/C14H18BrNO5/c1-9(14(18)16-4-5-19-2)21-13-6-10(8-17)11(15)7-12(13)20-3/h6-9H,4-5H2,1-3H3,(H,16,18)/t9-/m0/s1. The Morgan fingerprint density at radius 3 is 2.67 bits per heavy atom. The van der Waals surface area contributed by atoms with Crippen molar-refractivity contribution in [3.05, 3.63) is 22.2 Å². The molecule has 0 spiro atoms. The van der Waals surface area contributed by atoms with Gasteiger partial charge in [-0.25, -0.2) is 0 Å². The van der Waals surface area contributed by atoms with E-state index < -0.39 is 6.10 Å². The lowest BCUT2D eigenvalue weighted by atomic mass is 10.2. The van der Waals surface area contributed by atoms with Gasteiger partial charge < -0.3 is 19.5 Å². The molecule has 0 aliphatic carbocycles. The monoisotopic (exact) mass is 359 g/mol. The lowest BCUT2D eigenvalue weighted by Gasteiger charge is -2.17. The molecule has 1 rings (SSSR count). The highest BCUT2D eigenvalue weighted by Gasteiger charge is 2.18. The fraction of sp³-hybridized carbons (Fsp3) is 0.429. The van der Waals surface area contributed by atoms with Gasteiger partial charge in [-0.2, -0.15) is 0 Å². The van der Waals surface area contributed by atoms with Crippen LogP contribution in [0.4, 0.5) is 0 Å². The fourth-order valence-corrected chi connectivity index (χ4v) is 1.97. The Morgan fingerprint density at radius 2 is 2.10 bits per heavy atom. The Balaban J connectivity index is 2.81. The summed E-state index contributed by atoms with van der Waals surface area (Å²) >= 11 is 3.26. The Kier molecular flexibility index (Phi) is 7.18. The van der Waals surface area contributed by atoms with E-state index >= 15 is 0 Å². The number of carbonyl (C=O) groups excluding carboxylic acids is 2. The van der Waals surface area contributed by atoms with Gasteiger partial charge in [-0.1, -0.05) is 0 Å². The van der Waals surface area contributed by atoms with Crippen LogP contribution in [0, 0.1) is 0 Å². The molecule has 21 heavy (non-hydrogen) atoms. The van der Waals surface area contributed by atoms with Gasteiger partial charge in [0.2, 0.25) is 0 Å². The number of hydrogen-bond acceptors (Lipinski definition) is 5. The van der Waals surface area contributed by atoms with Crippen molar-refractivity contribution in [3.63, 3.8) is 0 Å². The largest absolute Gasteiger partial charge is 0.493 e. The second kappa shape index (κ2) is 8.63. The molecule has 0 aliphatic heterocycles. The Hall–Kier alpha value is -1.60. The number of nitrogens with one attached hydrogen (secondary N) is 1. The average molecular weight is 360 g/mol. The quantitative estimate of drug-likeness (QED) is 0.565. The average Bonchev–Trinajstić information content (AvgIpc) is 2.48. The molecular formula is C14H18BrNO5. The molecule has 6 nitrogen and oxygen atoms in total. The Bertz CT molecular complexity index is 506. The molecule has 0 fully saturated rings. The van der Waals surface area contributed by atoms with Crippen molar-refractivity contribution in [2.24, 2.45) is 0 Å². The molecule has 0 saturated heterocycles.